The molecule has 0 spiro atoms. The van der Waals surface area contributed by atoms with Crippen LogP contribution < -0.4 is 9.80 Å². The monoisotopic (exact) mass is 974 g/mol. The SMILES string of the molecule is [2H]c1c([2H])c([2H])c(-c2c(C)c(-c3c([2H])c([2H])c([2H])c([2H])c3[2H])c(N3CN(c4cc(Cc5ccc6c7ccccc7n(-c7cc(C(C)(C)C)ccn7)c6c5)cc(-c5c(C)cc(C)cc5C)c4)c4ccccc43)c(-c3c([2H])c([2H])c([2H])c([2H])c3[2H])c2C)c([2H])c1[2H]. The molecule has 9 aromatic carbocycles. The van der Waals surface area contributed by atoms with Crippen LogP contribution in [-0.4, -0.2) is 16.2 Å². The third-order valence-corrected chi connectivity index (χ3v) is 14.5. The molecule has 11 aromatic rings. The van der Waals surface area contributed by atoms with Gasteiger partial charge in [0.05, 0.1) is 48.7 Å². The molecule has 1 aliphatic rings. The van der Waals surface area contributed by atoms with Gasteiger partial charge < -0.3 is 9.80 Å². The zero-order valence-electron chi connectivity index (χ0n) is 57.7. The van der Waals surface area contributed by atoms with Crippen LogP contribution in [0.5, 0.6) is 0 Å². The van der Waals surface area contributed by atoms with E-state index in [0.29, 0.717) is 17.8 Å². The predicted octanol–water partition coefficient (Wildman–Crippen LogP) is 18.5. The number of rotatable bonds is 9. The molecule has 0 saturated carbocycles. The number of nitrogens with zero attached hydrogens (tertiary/aromatic N) is 4. The molecule has 74 heavy (non-hydrogen) atoms. The number of pyridine rings is 1. The lowest BCUT2D eigenvalue weighted by Gasteiger charge is -2.31. The van der Waals surface area contributed by atoms with Crippen LogP contribution >= 0.6 is 0 Å². The molecule has 2 aromatic heterocycles. The van der Waals surface area contributed by atoms with E-state index in [9.17, 15) is 8.22 Å². The first kappa shape index (κ1) is 32.6. The Morgan fingerprint density at radius 2 is 1.07 bits per heavy atom. The lowest BCUT2D eigenvalue weighted by Crippen LogP contribution is -2.25. The number of hydrogen-bond donors (Lipinski definition) is 0. The Morgan fingerprint density at radius 1 is 0.500 bits per heavy atom. The maximum absolute atomic E-state index is 9.63. The molecule has 0 unspecified atom stereocenters. The van der Waals surface area contributed by atoms with Crippen molar-refractivity contribution in [3.05, 3.63) is 251 Å². The van der Waals surface area contributed by atoms with Gasteiger partial charge in [0, 0.05) is 33.8 Å². The van der Waals surface area contributed by atoms with Crippen molar-refractivity contribution in [1.29, 1.82) is 0 Å². The number of anilines is 4. The molecular formula is C70H62N4. The van der Waals surface area contributed by atoms with E-state index in [1.807, 2.05) is 47.5 Å². The van der Waals surface area contributed by atoms with Crippen LogP contribution in [0.2, 0.25) is 0 Å². The average molecular weight is 974 g/mol. The highest BCUT2D eigenvalue weighted by Crippen LogP contribution is 2.54. The maximum Gasteiger partial charge on any atom is 0.137 e. The second kappa shape index (κ2) is 18.5. The van der Waals surface area contributed by atoms with E-state index in [1.165, 1.54) is 0 Å². The summed E-state index contributed by atoms with van der Waals surface area (Å²) in [5, 5.41) is 2.18. The molecule has 0 amide bonds. The van der Waals surface area contributed by atoms with E-state index < -0.39 is 90.6 Å². The predicted molar refractivity (Wildman–Crippen MR) is 314 cm³/mol. The number of aromatic nitrogens is 2. The highest BCUT2D eigenvalue weighted by Gasteiger charge is 2.34. The number of hydrogen-bond acceptors (Lipinski definition) is 3. The largest absolute Gasteiger partial charge is 0.321 e. The molecule has 0 aliphatic carbocycles. The first-order valence-corrected chi connectivity index (χ1v) is 24.9. The van der Waals surface area contributed by atoms with E-state index in [2.05, 4.69) is 124 Å². The Labute approximate surface area is 457 Å². The summed E-state index contributed by atoms with van der Waals surface area (Å²) < 4.78 is 139. The fourth-order valence-corrected chi connectivity index (χ4v) is 11.3. The first-order chi connectivity index (χ1) is 42.1. The first-order valence-electron chi connectivity index (χ1n) is 32.4. The fraction of sp³-hybridized carbons (Fsp3) is 0.157. The summed E-state index contributed by atoms with van der Waals surface area (Å²) in [5.41, 5.74) is 11.7. The standard InChI is InChI=1S/C70H62N4/c1-45-36-46(2)65(47(3)37-45)55-39-51(38-50-32-33-59-58-28-18-19-29-60(58)74(63(59)41-50)64-43-56(34-35-71-64)70(6,7)8)40-57(42-55)72-44-73(62-31-21-20-30-61(62)72)69-67(53-24-14-10-15-25-53)48(4)66(52-22-12-9-13-23-52)49(5)68(69)54-26-16-11-17-27-54/h9-37,39-43H,38,44H2,1-8H3/i9D,10D,11D,12D,13D,14D,15D,16D,17D,22D,23D,24D,25D,26D,27D. The van der Waals surface area contributed by atoms with E-state index in [0.717, 1.165) is 77.8 Å². The van der Waals surface area contributed by atoms with E-state index in [-0.39, 0.29) is 62.3 Å². The molecule has 0 N–H and O–H groups in total. The van der Waals surface area contributed by atoms with Crippen molar-refractivity contribution in [3.63, 3.8) is 0 Å². The molecule has 12 rings (SSSR count). The molecule has 362 valence electrons. The van der Waals surface area contributed by atoms with Crippen molar-refractivity contribution in [2.75, 3.05) is 16.5 Å². The van der Waals surface area contributed by atoms with Gasteiger partial charge in [-0.1, -0.05) is 178 Å². The Morgan fingerprint density at radius 3 is 1.69 bits per heavy atom. The number of benzene rings is 9. The minimum absolute atomic E-state index is 0.00636. The third kappa shape index (κ3) is 8.15. The van der Waals surface area contributed by atoms with Gasteiger partial charge in [-0.3, -0.25) is 4.57 Å². The Hall–Kier alpha value is -8.47. The van der Waals surface area contributed by atoms with E-state index in [4.69, 9.17) is 17.3 Å². The smallest absolute Gasteiger partial charge is 0.137 e. The number of aryl methyl sites for hydroxylation is 3. The van der Waals surface area contributed by atoms with Crippen molar-refractivity contribution in [2.45, 2.75) is 67.2 Å². The van der Waals surface area contributed by atoms with Gasteiger partial charge >= 0.3 is 0 Å². The fourth-order valence-electron chi connectivity index (χ4n) is 11.3. The lowest BCUT2D eigenvalue weighted by molar-refractivity contribution is 0.588. The molecule has 4 nitrogen and oxygen atoms in total. The Balaban J connectivity index is 1.14. The molecule has 3 heterocycles. The van der Waals surface area contributed by atoms with Gasteiger partial charge in [0.15, 0.2) is 0 Å². The normalized spacial score (nSPS) is 15.4. The Bertz CT molecular complexity index is 4660. The van der Waals surface area contributed by atoms with Crippen molar-refractivity contribution in [1.82, 2.24) is 9.55 Å². The summed E-state index contributed by atoms with van der Waals surface area (Å²) >= 11 is 0. The number of para-hydroxylation sites is 3. The molecule has 1 aliphatic heterocycles. The lowest BCUT2D eigenvalue weighted by atomic mass is 9.82. The second-order valence-corrected chi connectivity index (χ2v) is 20.4. The average Bonchev–Trinajstić information content (AvgIpc) is 1.60. The van der Waals surface area contributed by atoms with E-state index >= 15 is 0 Å². The molecule has 0 saturated heterocycles. The molecule has 0 fully saturated rings. The van der Waals surface area contributed by atoms with Crippen LogP contribution in [0.1, 0.15) is 85.8 Å². The van der Waals surface area contributed by atoms with Crippen LogP contribution in [0, 0.1) is 34.6 Å². The van der Waals surface area contributed by atoms with Crippen molar-refractivity contribution < 1.29 is 20.6 Å². The van der Waals surface area contributed by atoms with Gasteiger partial charge in [-0.25, -0.2) is 4.98 Å². The van der Waals surface area contributed by atoms with Gasteiger partial charge in [0.25, 0.3) is 0 Å². The van der Waals surface area contributed by atoms with Crippen LogP contribution in [0.4, 0.5) is 22.7 Å². The molecule has 0 radical (unpaired) electrons. The van der Waals surface area contributed by atoms with Crippen molar-refractivity contribution in [3.8, 4) is 50.3 Å². The summed E-state index contributed by atoms with van der Waals surface area (Å²) in [6.45, 7) is 16.0. The van der Waals surface area contributed by atoms with Crippen LogP contribution in [0.15, 0.2) is 206 Å². The van der Waals surface area contributed by atoms with Crippen LogP contribution in [-0.2, 0) is 11.8 Å². The zero-order valence-corrected chi connectivity index (χ0v) is 42.7. The minimum atomic E-state index is -0.679. The van der Waals surface area contributed by atoms with Crippen molar-refractivity contribution >= 4 is 44.6 Å². The molecule has 0 bridgehead atoms. The molecule has 4 heteroatoms. The second-order valence-electron chi connectivity index (χ2n) is 20.4. The van der Waals surface area contributed by atoms with Crippen molar-refractivity contribution in [2.24, 2.45) is 0 Å². The van der Waals surface area contributed by atoms with Gasteiger partial charge in [0.1, 0.15) is 12.5 Å². The van der Waals surface area contributed by atoms with Crippen LogP contribution in [0.25, 0.3) is 72.1 Å². The van der Waals surface area contributed by atoms with Gasteiger partial charge in [0.2, 0.25) is 0 Å². The molecular weight excluding hydrogens is 897 g/mol. The summed E-state index contributed by atoms with van der Waals surface area (Å²) in [4.78, 5) is 8.90. The topological polar surface area (TPSA) is 24.3 Å². The van der Waals surface area contributed by atoms with Gasteiger partial charge in [-0.15, -0.1) is 0 Å². The Kier molecular flexibility index (Phi) is 8.16. The van der Waals surface area contributed by atoms with Crippen LogP contribution in [0.3, 0.4) is 0 Å². The zero-order chi connectivity index (χ0) is 63.9. The number of fused-ring (bicyclic) bond motifs is 4. The highest BCUT2D eigenvalue weighted by molar-refractivity contribution is 6.09. The summed E-state index contributed by atoms with van der Waals surface area (Å²) in [7, 11) is 0. The summed E-state index contributed by atoms with van der Waals surface area (Å²) in [5.74, 6) is 0.811. The third-order valence-electron chi connectivity index (χ3n) is 14.5. The highest BCUT2D eigenvalue weighted by atomic mass is 15.4. The minimum Gasteiger partial charge on any atom is -0.321 e. The van der Waals surface area contributed by atoms with Gasteiger partial charge in [-0.05, 0) is 167 Å². The molecule has 0 atom stereocenters. The van der Waals surface area contributed by atoms with Gasteiger partial charge in [-0.2, -0.15) is 0 Å². The quantitative estimate of drug-likeness (QED) is 0.144. The van der Waals surface area contributed by atoms with E-state index in [1.54, 1.807) is 13.8 Å². The maximum atomic E-state index is 9.63. The summed E-state index contributed by atoms with van der Waals surface area (Å²) in [6.07, 6.45) is 2.36. The summed E-state index contributed by atoms with van der Waals surface area (Å²) in [6, 6.07) is 27.7.